The Kier molecular flexibility index (Phi) is 5.27. The lowest BCUT2D eigenvalue weighted by atomic mass is 10.2. The molecular weight excluding hydrogens is 304 g/mol. The molecule has 2 N–H and O–H groups in total. The smallest absolute Gasteiger partial charge is 0.322 e. The third-order valence-electron chi connectivity index (χ3n) is 2.35. The fourth-order valence-electron chi connectivity index (χ4n) is 1.40. The average molecular weight is 315 g/mol. The number of carbonyl (C=O) groups is 1. The quantitative estimate of drug-likeness (QED) is 0.774. The van der Waals surface area contributed by atoms with Crippen LogP contribution in [0.15, 0.2) is 35.7 Å². The lowest BCUT2D eigenvalue weighted by Crippen LogP contribution is -2.40. The zero-order chi connectivity index (χ0) is 15.3. The normalized spacial score (nSPS) is 12.4. The summed E-state index contributed by atoms with van der Waals surface area (Å²) in [7, 11) is -4.15. The Hall–Kier alpha value is -1.88. The van der Waals surface area contributed by atoms with Crippen LogP contribution in [0.2, 0.25) is 5.02 Å². The molecule has 0 aliphatic heterocycles. The average Bonchev–Trinajstić information content (AvgIpc) is 2.38. The molecule has 0 aliphatic rings. The molecule has 0 fully saturated rings. The molecule has 0 heterocycles. The van der Waals surface area contributed by atoms with E-state index in [-0.39, 0.29) is 21.9 Å². The van der Waals surface area contributed by atoms with Crippen LogP contribution in [0.25, 0.3) is 0 Å². The van der Waals surface area contributed by atoms with Crippen molar-refractivity contribution in [2.75, 3.05) is 0 Å². The van der Waals surface area contributed by atoms with E-state index in [9.17, 15) is 13.2 Å². The molecule has 1 aromatic rings. The Balaban J connectivity index is 3.20. The monoisotopic (exact) mass is 314 g/mol. The van der Waals surface area contributed by atoms with Crippen molar-refractivity contribution in [2.45, 2.75) is 17.4 Å². The maximum atomic E-state index is 12.1. The molecule has 0 spiro atoms. The van der Waals surface area contributed by atoms with Crippen molar-refractivity contribution in [3.63, 3.8) is 0 Å². The summed E-state index contributed by atoms with van der Waals surface area (Å²) in [6.07, 6.45) is 1.21. The minimum Gasteiger partial charge on any atom is -0.480 e. The van der Waals surface area contributed by atoms with Crippen LogP contribution in [0.4, 0.5) is 0 Å². The summed E-state index contributed by atoms with van der Waals surface area (Å²) in [6, 6.07) is 4.14. The van der Waals surface area contributed by atoms with Crippen molar-refractivity contribution in [1.29, 1.82) is 5.26 Å². The highest BCUT2D eigenvalue weighted by Gasteiger charge is 2.26. The summed E-state index contributed by atoms with van der Waals surface area (Å²) in [4.78, 5) is 10.6. The van der Waals surface area contributed by atoms with E-state index in [0.29, 0.717) is 0 Å². The predicted molar refractivity (Wildman–Crippen MR) is 72.7 cm³/mol. The van der Waals surface area contributed by atoms with Gasteiger partial charge in [-0.25, -0.2) is 8.42 Å². The molecule has 0 aromatic heterocycles. The van der Waals surface area contributed by atoms with Gasteiger partial charge in [-0.05, 0) is 24.6 Å². The number of hydrogen-bond donors (Lipinski definition) is 2. The molecule has 0 radical (unpaired) electrons. The van der Waals surface area contributed by atoms with Crippen molar-refractivity contribution < 1.29 is 18.3 Å². The number of halogens is 1. The fourth-order valence-corrected chi connectivity index (χ4v) is 3.12. The third kappa shape index (κ3) is 3.81. The summed E-state index contributed by atoms with van der Waals surface area (Å²) in [5, 5.41) is 17.6. The highest BCUT2D eigenvalue weighted by atomic mass is 35.5. The Bertz CT molecular complexity index is 679. The highest BCUT2D eigenvalue weighted by Crippen LogP contribution is 2.22. The van der Waals surface area contributed by atoms with E-state index in [1.54, 1.807) is 6.07 Å². The standard InChI is InChI=1S/C12H11ClN2O4S/c1-2-3-10(12(16)17)15-20(18,19)11-6-8(7-14)4-5-9(11)13/h2,4-6,10,15H,1,3H2,(H,16,17). The molecule has 1 aromatic carbocycles. The van der Waals surface area contributed by atoms with Crippen LogP contribution < -0.4 is 4.72 Å². The lowest BCUT2D eigenvalue weighted by Gasteiger charge is -2.14. The van der Waals surface area contributed by atoms with Crippen LogP contribution in [0, 0.1) is 11.3 Å². The van der Waals surface area contributed by atoms with Crippen LogP contribution in [0.3, 0.4) is 0 Å². The molecule has 1 unspecified atom stereocenters. The summed E-state index contributed by atoms with van der Waals surface area (Å²) in [5.74, 6) is -1.33. The number of carboxylic acids is 1. The van der Waals surface area contributed by atoms with Gasteiger partial charge < -0.3 is 5.11 Å². The molecule has 6 nitrogen and oxygen atoms in total. The maximum absolute atomic E-state index is 12.1. The fraction of sp³-hybridized carbons (Fsp3) is 0.167. The van der Waals surface area contributed by atoms with E-state index in [1.807, 2.05) is 4.72 Å². The molecule has 106 valence electrons. The second-order valence-corrected chi connectivity index (χ2v) is 5.88. The first-order valence-electron chi connectivity index (χ1n) is 5.37. The number of aliphatic carboxylic acids is 1. The Morgan fingerprint density at radius 3 is 2.75 bits per heavy atom. The maximum Gasteiger partial charge on any atom is 0.322 e. The molecule has 0 saturated heterocycles. The van der Waals surface area contributed by atoms with Crippen molar-refractivity contribution >= 4 is 27.6 Å². The Morgan fingerprint density at radius 1 is 1.60 bits per heavy atom. The summed E-state index contributed by atoms with van der Waals surface area (Å²) >= 11 is 5.78. The largest absolute Gasteiger partial charge is 0.480 e. The number of rotatable bonds is 6. The first-order chi connectivity index (χ1) is 9.31. The van der Waals surface area contributed by atoms with Gasteiger partial charge in [0.05, 0.1) is 16.7 Å². The first-order valence-corrected chi connectivity index (χ1v) is 7.23. The molecule has 0 amide bonds. The van der Waals surface area contributed by atoms with Gasteiger partial charge in [0.1, 0.15) is 10.9 Å². The Labute approximate surface area is 121 Å². The van der Waals surface area contributed by atoms with Crippen LogP contribution >= 0.6 is 11.6 Å². The molecule has 1 atom stereocenters. The highest BCUT2D eigenvalue weighted by molar-refractivity contribution is 7.89. The van der Waals surface area contributed by atoms with E-state index in [1.165, 1.54) is 18.2 Å². The number of nitrogens with zero attached hydrogens (tertiary/aromatic N) is 1. The van der Waals surface area contributed by atoms with Gasteiger partial charge >= 0.3 is 5.97 Å². The number of nitriles is 1. The minimum atomic E-state index is -4.15. The van der Waals surface area contributed by atoms with Gasteiger partial charge in [-0.2, -0.15) is 9.98 Å². The van der Waals surface area contributed by atoms with Crippen LogP contribution in [-0.2, 0) is 14.8 Å². The van der Waals surface area contributed by atoms with Crippen LogP contribution in [-0.4, -0.2) is 25.5 Å². The second kappa shape index (κ2) is 6.52. The first kappa shape index (κ1) is 16.2. The van der Waals surface area contributed by atoms with Crippen molar-refractivity contribution in [3.8, 4) is 6.07 Å². The number of hydrogen-bond acceptors (Lipinski definition) is 4. The summed E-state index contributed by atoms with van der Waals surface area (Å²) < 4.78 is 26.2. The molecule has 1 rings (SSSR count). The third-order valence-corrected chi connectivity index (χ3v) is 4.30. The molecule has 8 heteroatoms. The topological polar surface area (TPSA) is 107 Å². The molecule has 0 saturated carbocycles. The van der Waals surface area contributed by atoms with Crippen molar-refractivity contribution in [3.05, 3.63) is 41.4 Å². The van der Waals surface area contributed by atoms with Gasteiger partial charge in [-0.1, -0.05) is 17.7 Å². The minimum absolute atomic E-state index is 0.0792. The zero-order valence-corrected chi connectivity index (χ0v) is 11.8. The van der Waals surface area contributed by atoms with Gasteiger partial charge in [-0.3, -0.25) is 4.79 Å². The van der Waals surface area contributed by atoms with E-state index < -0.39 is 22.0 Å². The summed E-state index contributed by atoms with van der Waals surface area (Å²) in [6.45, 7) is 3.36. The van der Waals surface area contributed by atoms with E-state index in [2.05, 4.69) is 6.58 Å². The lowest BCUT2D eigenvalue weighted by molar-refractivity contribution is -0.138. The van der Waals surface area contributed by atoms with Crippen LogP contribution in [0.5, 0.6) is 0 Å². The molecule has 0 bridgehead atoms. The zero-order valence-electron chi connectivity index (χ0n) is 10.2. The van der Waals surface area contributed by atoms with Crippen molar-refractivity contribution in [1.82, 2.24) is 4.72 Å². The molecule has 0 aliphatic carbocycles. The molecule has 20 heavy (non-hydrogen) atoms. The molecular formula is C12H11ClN2O4S. The van der Waals surface area contributed by atoms with Gasteiger partial charge in [0, 0.05) is 0 Å². The Morgan fingerprint density at radius 2 is 2.25 bits per heavy atom. The van der Waals surface area contributed by atoms with E-state index in [0.717, 1.165) is 6.07 Å². The van der Waals surface area contributed by atoms with E-state index >= 15 is 0 Å². The summed E-state index contributed by atoms with van der Waals surface area (Å²) in [5.41, 5.74) is 0.102. The second-order valence-electron chi connectivity index (χ2n) is 3.79. The number of nitrogens with one attached hydrogen (secondary N) is 1. The van der Waals surface area contributed by atoms with Gasteiger partial charge in [0.25, 0.3) is 0 Å². The number of benzene rings is 1. The predicted octanol–water partition coefficient (Wildman–Crippen LogP) is 1.52. The van der Waals surface area contributed by atoms with Gasteiger partial charge in [-0.15, -0.1) is 6.58 Å². The van der Waals surface area contributed by atoms with Gasteiger partial charge in [0.2, 0.25) is 10.0 Å². The number of sulfonamides is 1. The number of carboxylic acid groups (broad SMARTS) is 1. The SMILES string of the molecule is C=CCC(NS(=O)(=O)c1cc(C#N)ccc1Cl)C(=O)O. The van der Waals surface area contributed by atoms with Gasteiger partial charge in [0.15, 0.2) is 0 Å². The van der Waals surface area contributed by atoms with E-state index in [4.69, 9.17) is 22.0 Å². The van der Waals surface area contributed by atoms with Crippen molar-refractivity contribution in [2.24, 2.45) is 0 Å². The van der Waals surface area contributed by atoms with Crippen LogP contribution in [0.1, 0.15) is 12.0 Å².